The maximum atomic E-state index is 13.3. The topological polar surface area (TPSA) is 70.2 Å². The number of amides is 2. The standard InChI is InChI=1S/C26H27N3O2/c1-17-13-18(2)15-23(14-17)29-26(31)24(19-7-4-3-5-8-19)27-21-9-6-10-22(16-21)28-25(30)20-11-12-20/h3-10,13-16,20,24,27H,11-12H2,1-2H3,(H,28,30)(H,29,31). The van der Waals surface area contributed by atoms with Crippen molar-refractivity contribution in [1.82, 2.24) is 0 Å². The number of hydrogen-bond donors (Lipinski definition) is 3. The van der Waals surface area contributed by atoms with Gasteiger partial charge in [0.2, 0.25) is 5.91 Å². The van der Waals surface area contributed by atoms with E-state index in [0.717, 1.165) is 46.6 Å². The molecule has 1 fully saturated rings. The smallest absolute Gasteiger partial charge is 0.251 e. The van der Waals surface area contributed by atoms with Crippen LogP contribution in [-0.2, 0) is 9.59 Å². The molecule has 0 bridgehead atoms. The molecule has 5 heteroatoms. The first-order chi connectivity index (χ1) is 15.0. The molecular formula is C26H27N3O2. The van der Waals surface area contributed by atoms with Gasteiger partial charge in [-0.05, 0) is 73.7 Å². The van der Waals surface area contributed by atoms with Crippen molar-refractivity contribution in [2.75, 3.05) is 16.0 Å². The highest BCUT2D eigenvalue weighted by molar-refractivity contribution is 5.98. The van der Waals surface area contributed by atoms with Crippen LogP contribution in [0, 0.1) is 19.8 Å². The minimum absolute atomic E-state index is 0.0596. The number of nitrogens with one attached hydrogen (secondary N) is 3. The lowest BCUT2D eigenvalue weighted by Gasteiger charge is -2.21. The molecule has 0 heterocycles. The van der Waals surface area contributed by atoms with E-state index in [4.69, 9.17) is 0 Å². The van der Waals surface area contributed by atoms with E-state index in [1.807, 2.05) is 80.6 Å². The van der Waals surface area contributed by atoms with Gasteiger partial charge in [0.1, 0.15) is 6.04 Å². The maximum absolute atomic E-state index is 13.3. The summed E-state index contributed by atoms with van der Waals surface area (Å²) in [5, 5.41) is 9.34. The van der Waals surface area contributed by atoms with Crippen LogP contribution >= 0.6 is 0 Å². The number of anilines is 3. The van der Waals surface area contributed by atoms with E-state index in [1.165, 1.54) is 0 Å². The second kappa shape index (κ2) is 9.04. The highest BCUT2D eigenvalue weighted by atomic mass is 16.2. The Bertz CT molecular complexity index is 1070. The molecule has 3 aromatic carbocycles. The summed E-state index contributed by atoms with van der Waals surface area (Å²) in [4.78, 5) is 25.4. The minimum atomic E-state index is -0.587. The molecule has 0 saturated heterocycles. The first-order valence-electron chi connectivity index (χ1n) is 10.6. The second-order valence-corrected chi connectivity index (χ2v) is 8.20. The Labute approximate surface area is 182 Å². The zero-order valence-corrected chi connectivity index (χ0v) is 17.8. The number of carbonyl (C=O) groups excluding carboxylic acids is 2. The minimum Gasteiger partial charge on any atom is -0.370 e. The van der Waals surface area contributed by atoms with E-state index in [9.17, 15) is 9.59 Å². The first kappa shape index (κ1) is 20.7. The Morgan fingerprint density at radius 1 is 0.774 bits per heavy atom. The van der Waals surface area contributed by atoms with Crippen LogP contribution in [0.2, 0.25) is 0 Å². The third kappa shape index (κ3) is 5.51. The number of hydrogen-bond acceptors (Lipinski definition) is 3. The SMILES string of the molecule is Cc1cc(C)cc(NC(=O)C(Nc2cccc(NC(=O)C3CC3)c2)c2ccccc2)c1. The van der Waals surface area contributed by atoms with Crippen LogP contribution in [0.3, 0.4) is 0 Å². The van der Waals surface area contributed by atoms with Gasteiger partial charge < -0.3 is 16.0 Å². The van der Waals surface area contributed by atoms with Crippen molar-refractivity contribution in [1.29, 1.82) is 0 Å². The highest BCUT2D eigenvalue weighted by Crippen LogP contribution is 2.31. The normalized spacial score (nSPS) is 13.9. The monoisotopic (exact) mass is 413 g/mol. The molecule has 1 aliphatic rings. The molecule has 5 nitrogen and oxygen atoms in total. The zero-order valence-electron chi connectivity index (χ0n) is 17.8. The van der Waals surface area contributed by atoms with Gasteiger partial charge in [-0.25, -0.2) is 0 Å². The fraction of sp³-hybridized carbons (Fsp3) is 0.231. The summed E-state index contributed by atoms with van der Waals surface area (Å²) in [6.07, 6.45) is 1.91. The summed E-state index contributed by atoms with van der Waals surface area (Å²) in [6.45, 7) is 4.02. The Morgan fingerprint density at radius 2 is 1.45 bits per heavy atom. The molecule has 3 aromatic rings. The van der Waals surface area contributed by atoms with E-state index >= 15 is 0 Å². The average Bonchev–Trinajstić information content (AvgIpc) is 3.58. The van der Waals surface area contributed by atoms with Gasteiger partial charge in [0, 0.05) is 23.0 Å². The van der Waals surface area contributed by atoms with Crippen molar-refractivity contribution < 1.29 is 9.59 Å². The van der Waals surface area contributed by atoms with Gasteiger partial charge in [0.05, 0.1) is 0 Å². The van der Waals surface area contributed by atoms with Crippen LogP contribution in [-0.4, -0.2) is 11.8 Å². The average molecular weight is 414 g/mol. The summed E-state index contributed by atoms with van der Waals surface area (Å²) in [7, 11) is 0. The van der Waals surface area contributed by atoms with Crippen molar-refractivity contribution in [2.45, 2.75) is 32.7 Å². The van der Waals surface area contributed by atoms with Gasteiger partial charge in [0.15, 0.2) is 0 Å². The van der Waals surface area contributed by atoms with Crippen molar-refractivity contribution in [3.05, 3.63) is 89.5 Å². The number of benzene rings is 3. The van der Waals surface area contributed by atoms with Gasteiger partial charge in [-0.1, -0.05) is 42.5 Å². The molecule has 1 unspecified atom stereocenters. The molecule has 0 aliphatic heterocycles. The molecule has 3 N–H and O–H groups in total. The summed E-state index contributed by atoms with van der Waals surface area (Å²) in [5.74, 6) is 0.0465. The molecule has 1 saturated carbocycles. The molecular weight excluding hydrogens is 386 g/mol. The molecule has 0 radical (unpaired) electrons. The molecule has 2 amide bonds. The highest BCUT2D eigenvalue weighted by Gasteiger charge is 2.29. The lowest BCUT2D eigenvalue weighted by atomic mass is 10.0. The van der Waals surface area contributed by atoms with Crippen molar-refractivity contribution in [2.24, 2.45) is 5.92 Å². The maximum Gasteiger partial charge on any atom is 0.251 e. The van der Waals surface area contributed by atoms with Gasteiger partial charge in [0.25, 0.3) is 5.91 Å². The van der Waals surface area contributed by atoms with Gasteiger partial charge >= 0.3 is 0 Å². The van der Waals surface area contributed by atoms with Gasteiger partial charge in [-0.2, -0.15) is 0 Å². The predicted molar refractivity (Wildman–Crippen MR) is 125 cm³/mol. The third-order valence-electron chi connectivity index (χ3n) is 5.27. The Kier molecular flexibility index (Phi) is 6.03. The van der Waals surface area contributed by atoms with Crippen molar-refractivity contribution >= 4 is 28.9 Å². The fourth-order valence-electron chi connectivity index (χ4n) is 3.65. The van der Waals surface area contributed by atoms with Crippen LogP contribution < -0.4 is 16.0 Å². The summed E-state index contributed by atoms with van der Waals surface area (Å²) < 4.78 is 0. The van der Waals surface area contributed by atoms with E-state index in [2.05, 4.69) is 22.0 Å². The summed E-state index contributed by atoms with van der Waals surface area (Å²) in [6, 6.07) is 22.5. The van der Waals surface area contributed by atoms with E-state index in [0.29, 0.717) is 0 Å². The molecule has 1 aliphatic carbocycles. The molecule has 0 aromatic heterocycles. The zero-order chi connectivity index (χ0) is 21.8. The van der Waals surface area contributed by atoms with E-state index in [1.54, 1.807) is 0 Å². The third-order valence-corrected chi connectivity index (χ3v) is 5.27. The molecule has 31 heavy (non-hydrogen) atoms. The lowest BCUT2D eigenvalue weighted by Crippen LogP contribution is -2.27. The first-order valence-corrected chi connectivity index (χ1v) is 10.6. The van der Waals surface area contributed by atoms with Gasteiger partial charge in [-0.3, -0.25) is 9.59 Å². The molecule has 4 rings (SSSR count). The fourth-order valence-corrected chi connectivity index (χ4v) is 3.65. The van der Waals surface area contributed by atoms with Crippen LogP contribution in [0.5, 0.6) is 0 Å². The number of rotatable bonds is 7. The largest absolute Gasteiger partial charge is 0.370 e. The quantitative estimate of drug-likeness (QED) is 0.483. The van der Waals surface area contributed by atoms with Crippen LogP contribution in [0.25, 0.3) is 0 Å². The number of carbonyl (C=O) groups is 2. The Hall–Kier alpha value is -3.60. The van der Waals surface area contributed by atoms with Crippen molar-refractivity contribution in [3.63, 3.8) is 0 Å². The van der Waals surface area contributed by atoms with Gasteiger partial charge in [-0.15, -0.1) is 0 Å². The second-order valence-electron chi connectivity index (χ2n) is 8.20. The number of aryl methyl sites for hydroxylation is 2. The summed E-state index contributed by atoms with van der Waals surface area (Å²) in [5.41, 5.74) is 5.31. The molecule has 158 valence electrons. The van der Waals surface area contributed by atoms with Crippen LogP contribution in [0.15, 0.2) is 72.8 Å². The molecule has 0 spiro atoms. The van der Waals surface area contributed by atoms with E-state index < -0.39 is 6.04 Å². The Balaban J connectivity index is 1.55. The lowest BCUT2D eigenvalue weighted by molar-refractivity contribution is -0.118. The van der Waals surface area contributed by atoms with E-state index in [-0.39, 0.29) is 17.7 Å². The van der Waals surface area contributed by atoms with Crippen LogP contribution in [0.1, 0.15) is 35.6 Å². The Morgan fingerprint density at radius 3 is 2.13 bits per heavy atom. The van der Waals surface area contributed by atoms with Crippen molar-refractivity contribution in [3.8, 4) is 0 Å². The molecule has 1 atom stereocenters. The predicted octanol–water partition coefficient (Wildman–Crippen LogP) is 5.44. The van der Waals surface area contributed by atoms with Crippen LogP contribution in [0.4, 0.5) is 17.1 Å². The summed E-state index contributed by atoms with van der Waals surface area (Å²) >= 11 is 0.